The summed E-state index contributed by atoms with van der Waals surface area (Å²) in [7, 11) is 1.73. The SMILES string of the molecule is CCC(C(=O)O)N(C)c1cc(C)nc2ncnn12. The molecule has 0 spiro atoms. The van der Waals surface area contributed by atoms with Crippen LogP contribution in [0.15, 0.2) is 12.4 Å². The molecular formula is C11H15N5O2. The van der Waals surface area contributed by atoms with Gasteiger partial charge in [-0.25, -0.2) is 9.78 Å². The maximum Gasteiger partial charge on any atom is 0.326 e. The van der Waals surface area contributed by atoms with Gasteiger partial charge in [0, 0.05) is 18.8 Å². The lowest BCUT2D eigenvalue weighted by atomic mass is 10.2. The van der Waals surface area contributed by atoms with Gasteiger partial charge in [0.05, 0.1) is 0 Å². The van der Waals surface area contributed by atoms with Crippen molar-refractivity contribution < 1.29 is 9.90 Å². The first-order chi connectivity index (χ1) is 8.54. The van der Waals surface area contributed by atoms with E-state index in [1.165, 1.54) is 6.33 Å². The van der Waals surface area contributed by atoms with Gasteiger partial charge in [-0.15, -0.1) is 0 Å². The van der Waals surface area contributed by atoms with Crippen LogP contribution in [0.3, 0.4) is 0 Å². The van der Waals surface area contributed by atoms with Gasteiger partial charge in [0.15, 0.2) is 0 Å². The number of aliphatic carboxylic acids is 1. The van der Waals surface area contributed by atoms with Crippen LogP contribution < -0.4 is 4.90 Å². The monoisotopic (exact) mass is 249 g/mol. The Kier molecular flexibility index (Phi) is 3.14. The first-order valence-corrected chi connectivity index (χ1v) is 5.67. The minimum atomic E-state index is -0.859. The quantitative estimate of drug-likeness (QED) is 0.860. The largest absolute Gasteiger partial charge is 0.480 e. The Balaban J connectivity index is 2.52. The molecule has 18 heavy (non-hydrogen) atoms. The molecule has 1 unspecified atom stereocenters. The first-order valence-electron chi connectivity index (χ1n) is 5.67. The minimum absolute atomic E-state index is 0.470. The molecule has 2 rings (SSSR count). The highest BCUT2D eigenvalue weighted by Gasteiger charge is 2.23. The molecule has 0 radical (unpaired) electrons. The molecule has 0 bridgehead atoms. The van der Waals surface area contributed by atoms with Gasteiger partial charge in [0.1, 0.15) is 18.2 Å². The van der Waals surface area contributed by atoms with Crippen molar-refractivity contribution in [1.29, 1.82) is 0 Å². The number of hydrogen-bond donors (Lipinski definition) is 1. The number of hydrogen-bond acceptors (Lipinski definition) is 5. The topological polar surface area (TPSA) is 83.6 Å². The summed E-state index contributed by atoms with van der Waals surface area (Å²) in [6.45, 7) is 3.68. The maximum atomic E-state index is 11.2. The lowest BCUT2D eigenvalue weighted by Gasteiger charge is -2.25. The summed E-state index contributed by atoms with van der Waals surface area (Å²) in [6, 6.07) is 1.20. The molecule has 0 amide bonds. The molecule has 0 fully saturated rings. The average molecular weight is 249 g/mol. The molecule has 2 aromatic rings. The molecule has 0 aliphatic heterocycles. The highest BCUT2D eigenvalue weighted by molar-refractivity contribution is 5.77. The van der Waals surface area contributed by atoms with E-state index in [9.17, 15) is 9.90 Å². The van der Waals surface area contributed by atoms with Gasteiger partial charge < -0.3 is 10.0 Å². The van der Waals surface area contributed by atoms with Crippen LogP contribution in [0.5, 0.6) is 0 Å². The molecule has 96 valence electrons. The number of nitrogens with zero attached hydrogens (tertiary/aromatic N) is 5. The van der Waals surface area contributed by atoms with E-state index < -0.39 is 12.0 Å². The molecule has 2 aromatic heterocycles. The van der Waals surface area contributed by atoms with Crippen molar-refractivity contribution in [2.24, 2.45) is 0 Å². The molecule has 0 aliphatic rings. The Labute approximate surface area is 104 Å². The van der Waals surface area contributed by atoms with E-state index in [4.69, 9.17) is 0 Å². The Morgan fingerprint density at radius 1 is 1.61 bits per heavy atom. The summed E-state index contributed by atoms with van der Waals surface area (Å²) in [6.07, 6.45) is 1.91. The minimum Gasteiger partial charge on any atom is -0.480 e. The summed E-state index contributed by atoms with van der Waals surface area (Å²) in [5.41, 5.74) is 0.776. The third kappa shape index (κ3) is 1.99. The van der Waals surface area contributed by atoms with Crippen LogP contribution >= 0.6 is 0 Å². The van der Waals surface area contributed by atoms with E-state index in [0.717, 1.165) is 5.69 Å². The number of likely N-dealkylation sites (N-methyl/N-ethyl adjacent to an activating group) is 1. The molecule has 0 aromatic carbocycles. The van der Waals surface area contributed by atoms with Crippen molar-refractivity contribution in [3.8, 4) is 0 Å². The number of carbonyl (C=O) groups is 1. The summed E-state index contributed by atoms with van der Waals surface area (Å²) in [4.78, 5) is 21.1. The summed E-state index contributed by atoms with van der Waals surface area (Å²) in [5, 5.41) is 13.3. The molecule has 7 nitrogen and oxygen atoms in total. The van der Waals surface area contributed by atoms with E-state index in [1.807, 2.05) is 13.8 Å². The molecule has 0 saturated heterocycles. The van der Waals surface area contributed by atoms with Crippen LogP contribution in [-0.4, -0.2) is 43.7 Å². The molecular weight excluding hydrogens is 234 g/mol. The smallest absolute Gasteiger partial charge is 0.326 e. The maximum absolute atomic E-state index is 11.2. The number of rotatable bonds is 4. The third-order valence-corrected chi connectivity index (χ3v) is 2.86. The zero-order valence-corrected chi connectivity index (χ0v) is 10.5. The van der Waals surface area contributed by atoms with Crippen LogP contribution in [0.2, 0.25) is 0 Å². The van der Waals surface area contributed by atoms with Crippen molar-refractivity contribution in [3.05, 3.63) is 18.1 Å². The Bertz CT molecular complexity index is 580. The average Bonchev–Trinajstić information content (AvgIpc) is 2.75. The van der Waals surface area contributed by atoms with E-state index in [2.05, 4.69) is 15.1 Å². The number of aromatic nitrogens is 4. The van der Waals surface area contributed by atoms with Crippen LogP contribution in [0.25, 0.3) is 5.78 Å². The van der Waals surface area contributed by atoms with Gasteiger partial charge in [-0.1, -0.05) is 6.92 Å². The summed E-state index contributed by atoms with van der Waals surface area (Å²) < 4.78 is 1.54. The van der Waals surface area contributed by atoms with Crippen molar-refractivity contribution in [2.75, 3.05) is 11.9 Å². The molecule has 2 heterocycles. The first kappa shape index (κ1) is 12.3. The van der Waals surface area contributed by atoms with E-state index >= 15 is 0 Å². The Morgan fingerprint density at radius 3 is 2.94 bits per heavy atom. The van der Waals surface area contributed by atoms with Gasteiger partial charge in [-0.2, -0.15) is 14.6 Å². The molecule has 0 saturated carbocycles. The third-order valence-electron chi connectivity index (χ3n) is 2.86. The zero-order valence-electron chi connectivity index (χ0n) is 10.5. The summed E-state index contributed by atoms with van der Waals surface area (Å²) in [5.74, 6) is 0.282. The second kappa shape index (κ2) is 4.59. The summed E-state index contributed by atoms with van der Waals surface area (Å²) >= 11 is 0. The van der Waals surface area contributed by atoms with Gasteiger partial charge in [-0.05, 0) is 13.3 Å². The second-order valence-electron chi connectivity index (χ2n) is 4.10. The zero-order chi connectivity index (χ0) is 13.3. The van der Waals surface area contributed by atoms with Crippen molar-refractivity contribution in [2.45, 2.75) is 26.3 Å². The number of carboxylic acid groups (broad SMARTS) is 1. The molecule has 1 atom stereocenters. The van der Waals surface area contributed by atoms with E-state index in [1.54, 1.807) is 22.5 Å². The number of aryl methyl sites for hydroxylation is 1. The number of carboxylic acids is 1. The number of fused-ring (bicyclic) bond motifs is 1. The predicted octanol–water partition coefficient (Wildman–Crippen LogP) is 0.732. The highest BCUT2D eigenvalue weighted by atomic mass is 16.4. The van der Waals surface area contributed by atoms with Gasteiger partial charge in [0.2, 0.25) is 0 Å². The van der Waals surface area contributed by atoms with Crippen molar-refractivity contribution in [1.82, 2.24) is 19.6 Å². The number of anilines is 1. The lowest BCUT2D eigenvalue weighted by molar-refractivity contribution is -0.138. The highest BCUT2D eigenvalue weighted by Crippen LogP contribution is 2.18. The van der Waals surface area contributed by atoms with E-state index in [0.29, 0.717) is 18.0 Å². The van der Waals surface area contributed by atoms with Crippen molar-refractivity contribution >= 4 is 17.6 Å². The molecule has 1 N–H and O–H groups in total. The van der Waals surface area contributed by atoms with Crippen LogP contribution in [-0.2, 0) is 4.79 Å². The fraction of sp³-hybridized carbons (Fsp3) is 0.455. The van der Waals surface area contributed by atoms with Crippen LogP contribution in [0.1, 0.15) is 19.0 Å². The second-order valence-corrected chi connectivity index (χ2v) is 4.10. The van der Waals surface area contributed by atoms with Gasteiger partial charge in [-0.3, -0.25) is 0 Å². The van der Waals surface area contributed by atoms with Crippen LogP contribution in [0, 0.1) is 6.92 Å². The molecule has 7 heteroatoms. The van der Waals surface area contributed by atoms with Crippen LogP contribution in [0.4, 0.5) is 5.82 Å². The predicted molar refractivity (Wildman–Crippen MR) is 65.6 cm³/mol. The molecule has 0 aliphatic carbocycles. The standard InChI is InChI=1S/C11H15N5O2/c1-4-8(10(17)18)15(3)9-5-7(2)14-11-12-6-13-16(9)11/h5-6,8H,4H2,1-3H3,(H,17,18). The lowest BCUT2D eigenvalue weighted by Crippen LogP contribution is -2.39. The van der Waals surface area contributed by atoms with E-state index in [-0.39, 0.29) is 0 Å². The Hall–Kier alpha value is -2.18. The fourth-order valence-electron chi connectivity index (χ4n) is 1.94. The fourth-order valence-corrected chi connectivity index (χ4v) is 1.94. The Morgan fingerprint density at radius 2 is 2.33 bits per heavy atom. The van der Waals surface area contributed by atoms with Crippen molar-refractivity contribution in [3.63, 3.8) is 0 Å². The normalized spacial score (nSPS) is 12.6. The van der Waals surface area contributed by atoms with Gasteiger partial charge in [0.25, 0.3) is 5.78 Å². The van der Waals surface area contributed by atoms with Gasteiger partial charge >= 0.3 is 5.97 Å².